The molecule has 0 aromatic rings. The first-order valence-corrected chi connectivity index (χ1v) is 7.59. The number of rotatable bonds is 3. The predicted octanol–water partition coefficient (Wildman–Crippen LogP) is 1.83. The molecule has 0 spiro atoms. The highest BCUT2D eigenvalue weighted by molar-refractivity contribution is 5.80. The van der Waals surface area contributed by atoms with Crippen molar-refractivity contribution in [2.24, 2.45) is 17.1 Å². The van der Waals surface area contributed by atoms with Gasteiger partial charge < -0.3 is 15.8 Å². The van der Waals surface area contributed by atoms with Crippen LogP contribution in [0.25, 0.3) is 0 Å². The highest BCUT2D eigenvalue weighted by Crippen LogP contribution is 2.41. The summed E-state index contributed by atoms with van der Waals surface area (Å²) in [6.45, 7) is 6.34. The molecule has 2 rings (SSSR count). The Labute approximate surface area is 116 Å². The van der Waals surface area contributed by atoms with Gasteiger partial charge in [0.25, 0.3) is 0 Å². The van der Waals surface area contributed by atoms with Crippen LogP contribution in [-0.2, 0) is 9.53 Å². The first-order valence-electron chi connectivity index (χ1n) is 7.59. The van der Waals surface area contributed by atoms with E-state index in [0.717, 1.165) is 25.7 Å². The van der Waals surface area contributed by atoms with Gasteiger partial charge in [0.1, 0.15) is 0 Å². The molecule has 0 aromatic carbocycles. The minimum absolute atomic E-state index is 0.114. The number of carbonyl (C=O) groups is 1. The van der Waals surface area contributed by atoms with Crippen molar-refractivity contribution < 1.29 is 9.53 Å². The normalized spacial score (nSPS) is 29.7. The zero-order valence-corrected chi connectivity index (χ0v) is 12.3. The Morgan fingerprint density at radius 2 is 1.95 bits per heavy atom. The van der Waals surface area contributed by atoms with Crippen LogP contribution in [0.4, 0.5) is 0 Å². The monoisotopic (exact) mass is 268 g/mol. The fourth-order valence-electron chi connectivity index (χ4n) is 3.47. The van der Waals surface area contributed by atoms with Crippen LogP contribution in [0, 0.1) is 11.3 Å². The third-order valence-corrected chi connectivity index (χ3v) is 5.05. The molecule has 1 heterocycles. The van der Waals surface area contributed by atoms with Crippen LogP contribution in [0.15, 0.2) is 0 Å². The molecule has 0 aromatic heterocycles. The minimum atomic E-state index is -0.233. The fourth-order valence-corrected chi connectivity index (χ4v) is 3.47. The third-order valence-electron chi connectivity index (χ3n) is 5.05. The summed E-state index contributed by atoms with van der Waals surface area (Å²) in [6, 6.07) is 0. The van der Waals surface area contributed by atoms with E-state index in [9.17, 15) is 4.79 Å². The van der Waals surface area contributed by atoms with Crippen LogP contribution in [0.1, 0.15) is 52.4 Å². The molecule has 1 amide bonds. The van der Waals surface area contributed by atoms with Crippen molar-refractivity contribution >= 4 is 5.91 Å². The Kier molecular flexibility index (Phi) is 4.51. The van der Waals surface area contributed by atoms with Crippen molar-refractivity contribution in [2.75, 3.05) is 19.8 Å². The van der Waals surface area contributed by atoms with Gasteiger partial charge >= 0.3 is 0 Å². The van der Waals surface area contributed by atoms with Crippen LogP contribution >= 0.6 is 0 Å². The molecular weight excluding hydrogens is 240 g/mol. The average molecular weight is 268 g/mol. The van der Waals surface area contributed by atoms with Gasteiger partial charge in [-0.25, -0.2) is 0 Å². The summed E-state index contributed by atoms with van der Waals surface area (Å²) in [6.07, 6.45) is 6.23. The first kappa shape index (κ1) is 14.8. The van der Waals surface area contributed by atoms with Gasteiger partial charge in [-0.3, -0.25) is 4.79 Å². The van der Waals surface area contributed by atoms with Gasteiger partial charge in [0.05, 0.1) is 5.54 Å². The van der Waals surface area contributed by atoms with Crippen LogP contribution in [0.5, 0.6) is 0 Å². The smallest absolute Gasteiger partial charge is 0.224 e. The van der Waals surface area contributed by atoms with E-state index >= 15 is 0 Å². The summed E-state index contributed by atoms with van der Waals surface area (Å²) < 4.78 is 5.39. The highest BCUT2D eigenvalue weighted by atomic mass is 16.5. The van der Waals surface area contributed by atoms with E-state index in [-0.39, 0.29) is 22.8 Å². The number of ether oxygens (including phenoxy) is 1. The molecule has 1 aliphatic heterocycles. The lowest BCUT2D eigenvalue weighted by molar-refractivity contribution is -0.133. The Morgan fingerprint density at radius 3 is 2.53 bits per heavy atom. The maximum atomic E-state index is 12.6. The van der Waals surface area contributed by atoms with Crippen LogP contribution in [0.3, 0.4) is 0 Å². The van der Waals surface area contributed by atoms with Crippen LogP contribution in [0.2, 0.25) is 0 Å². The zero-order chi connectivity index (χ0) is 13.9. The number of nitrogens with one attached hydrogen (secondary N) is 1. The van der Waals surface area contributed by atoms with Crippen molar-refractivity contribution in [2.45, 2.75) is 57.9 Å². The second-order valence-corrected chi connectivity index (χ2v) is 6.87. The number of amides is 1. The van der Waals surface area contributed by atoms with Gasteiger partial charge in [-0.1, -0.05) is 26.7 Å². The first-order chi connectivity index (χ1) is 8.99. The van der Waals surface area contributed by atoms with Crippen molar-refractivity contribution in [3.63, 3.8) is 0 Å². The molecule has 19 heavy (non-hydrogen) atoms. The second kappa shape index (κ2) is 5.80. The molecule has 4 heteroatoms. The minimum Gasteiger partial charge on any atom is -0.381 e. The maximum absolute atomic E-state index is 12.6. The quantitative estimate of drug-likeness (QED) is 0.820. The van der Waals surface area contributed by atoms with Crippen molar-refractivity contribution in [1.82, 2.24) is 5.32 Å². The van der Waals surface area contributed by atoms with E-state index in [1.165, 1.54) is 12.8 Å². The predicted molar refractivity (Wildman–Crippen MR) is 75.7 cm³/mol. The molecule has 1 saturated carbocycles. The second-order valence-electron chi connectivity index (χ2n) is 6.87. The lowest BCUT2D eigenvalue weighted by Gasteiger charge is -2.42. The van der Waals surface area contributed by atoms with E-state index in [0.29, 0.717) is 19.8 Å². The van der Waals surface area contributed by atoms with Gasteiger partial charge in [-0.05, 0) is 31.1 Å². The molecule has 110 valence electrons. The van der Waals surface area contributed by atoms with Crippen molar-refractivity contribution in [1.29, 1.82) is 0 Å². The molecule has 4 nitrogen and oxygen atoms in total. The molecule has 1 unspecified atom stereocenters. The van der Waals surface area contributed by atoms with Crippen LogP contribution < -0.4 is 11.1 Å². The SMILES string of the molecule is CC1(C)CCCCC1C(=O)NC1(CN)CCOCC1. The van der Waals surface area contributed by atoms with Crippen LogP contribution in [-0.4, -0.2) is 31.2 Å². The van der Waals surface area contributed by atoms with Gasteiger partial charge in [-0.15, -0.1) is 0 Å². The summed E-state index contributed by atoms with van der Waals surface area (Å²) in [5, 5.41) is 3.26. The summed E-state index contributed by atoms with van der Waals surface area (Å²) in [5.74, 6) is 0.338. The van der Waals surface area contributed by atoms with Gasteiger partial charge in [-0.2, -0.15) is 0 Å². The van der Waals surface area contributed by atoms with E-state index < -0.39 is 0 Å². The molecular formula is C15H28N2O2. The average Bonchev–Trinajstić information content (AvgIpc) is 2.39. The number of nitrogens with two attached hydrogens (primary N) is 1. The van der Waals surface area contributed by atoms with E-state index in [1.807, 2.05) is 0 Å². The third kappa shape index (κ3) is 3.29. The number of hydrogen-bond donors (Lipinski definition) is 2. The lowest BCUT2D eigenvalue weighted by Crippen LogP contribution is -2.59. The molecule has 1 aliphatic carbocycles. The molecule has 1 atom stereocenters. The summed E-state index contributed by atoms with van der Waals surface area (Å²) in [5.41, 5.74) is 5.79. The number of carbonyl (C=O) groups excluding carboxylic acids is 1. The molecule has 3 N–H and O–H groups in total. The lowest BCUT2D eigenvalue weighted by atomic mass is 9.68. The van der Waals surface area contributed by atoms with E-state index in [2.05, 4.69) is 19.2 Å². The molecule has 2 fully saturated rings. The summed E-state index contributed by atoms with van der Waals surface area (Å²) in [4.78, 5) is 12.6. The highest BCUT2D eigenvalue weighted by Gasteiger charge is 2.41. The van der Waals surface area contributed by atoms with Gasteiger partial charge in [0, 0.05) is 25.7 Å². The maximum Gasteiger partial charge on any atom is 0.224 e. The Hall–Kier alpha value is -0.610. The molecule has 0 radical (unpaired) electrons. The van der Waals surface area contributed by atoms with E-state index in [1.54, 1.807) is 0 Å². The standard InChI is InChI=1S/C15H28N2O2/c1-14(2)6-4-3-5-12(14)13(18)17-15(11-16)7-9-19-10-8-15/h12H,3-11,16H2,1-2H3,(H,17,18). The Morgan fingerprint density at radius 1 is 1.26 bits per heavy atom. The van der Waals surface area contributed by atoms with Gasteiger partial charge in [0.2, 0.25) is 5.91 Å². The Bertz CT molecular complexity index is 322. The van der Waals surface area contributed by atoms with Gasteiger partial charge in [0.15, 0.2) is 0 Å². The van der Waals surface area contributed by atoms with E-state index in [4.69, 9.17) is 10.5 Å². The molecule has 0 bridgehead atoms. The number of hydrogen-bond acceptors (Lipinski definition) is 3. The summed E-state index contributed by atoms with van der Waals surface area (Å²) in [7, 11) is 0. The fraction of sp³-hybridized carbons (Fsp3) is 0.933. The Balaban J connectivity index is 2.02. The van der Waals surface area contributed by atoms with Crippen molar-refractivity contribution in [3.05, 3.63) is 0 Å². The zero-order valence-electron chi connectivity index (χ0n) is 12.3. The largest absolute Gasteiger partial charge is 0.381 e. The van der Waals surface area contributed by atoms with Crippen molar-refractivity contribution in [3.8, 4) is 0 Å². The molecule has 1 saturated heterocycles. The summed E-state index contributed by atoms with van der Waals surface area (Å²) >= 11 is 0. The topological polar surface area (TPSA) is 64.4 Å². The molecule has 2 aliphatic rings.